The summed E-state index contributed by atoms with van der Waals surface area (Å²) in [6.45, 7) is 4.53. The van der Waals surface area contributed by atoms with Crippen molar-refractivity contribution in [3.63, 3.8) is 0 Å². The van der Waals surface area contributed by atoms with E-state index < -0.39 is 10.8 Å². The van der Waals surface area contributed by atoms with E-state index in [1.54, 1.807) is 25.1 Å². The molecule has 3 rings (SSSR count). The monoisotopic (exact) mass is 381 g/mol. The molecular weight excluding hydrogens is 362 g/mol. The molecule has 0 radical (unpaired) electrons. The molecule has 3 aromatic rings. The van der Waals surface area contributed by atoms with E-state index >= 15 is 0 Å². The lowest BCUT2D eigenvalue weighted by molar-refractivity contribution is -0.384. The maximum absolute atomic E-state index is 12.7. The average Bonchev–Trinajstić information content (AvgIpc) is 3.09. The van der Waals surface area contributed by atoms with Crippen molar-refractivity contribution in [1.82, 2.24) is 15.0 Å². The zero-order valence-electron chi connectivity index (χ0n) is 15.5. The van der Waals surface area contributed by atoms with Crippen molar-refractivity contribution < 1.29 is 14.5 Å². The van der Waals surface area contributed by atoms with Gasteiger partial charge in [0.2, 0.25) is 0 Å². The normalized spacial score (nSPS) is 10.6. The molecule has 0 aliphatic heterocycles. The van der Waals surface area contributed by atoms with Crippen molar-refractivity contribution in [3.8, 4) is 5.69 Å². The Morgan fingerprint density at radius 3 is 2.79 bits per heavy atom. The summed E-state index contributed by atoms with van der Waals surface area (Å²) >= 11 is 0. The Labute approximate surface area is 161 Å². The molecule has 1 aromatic heterocycles. The Hall–Kier alpha value is -3.59. The highest BCUT2D eigenvalue weighted by Crippen LogP contribution is 2.20. The fourth-order valence-corrected chi connectivity index (χ4v) is 2.68. The molecule has 0 atom stereocenters. The van der Waals surface area contributed by atoms with Gasteiger partial charge in [-0.15, -0.1) is 5.10 Å². The Morgan fingerprint density at radius 1 is 1.25 bits per heavy atom. The summed E-state index contributed by atoms with van der Waals surface area (Å²) in [5, 5.41) is 21.7. The van der Waals surface area contributed by atoms with Crippen LogP contribution in [0, 0.1) is 17.0 Å². The van der Waals surface area contributed by atoms with E-state index in [1.807, 2.05) is 25.1 Å². The predicted octanol–water partition coefficient (Wildman–Crippen LogP) is 3.27. The highest BCUT2D eigenvalue weighted by atomic mass is 16.6. The Morgan fingerprint density at radius 2 is 2.04 bits per heavy atom. The number of nitrogens with one attached hydrogen (secondary N) is 1. The summed E-state index contributed by atoms with van der Waals surface area (Å²) in [6.07, 6.45) is 0. The van der Waals surface area contributed by atoms with E-state index in [1.165, 1.54) is 16.8 Å². The minimum atomic E-state index is -0.487. The van der Waals surface area contributed by atoms with Gasteiger partial charge in [0.15, 0.2) is 5.69 Å². The second-order valence-corrected chi connectivity index (χ2v) is 5.96. The lowest BCUT2D eigenvalue weighted by Gasteiger charge is -2.10. The number of nitro benzene ring substituents is 1. The fourth-order valence-electron chi connectivity index (χ4n) is 2.68. The van der Waals surface area contributed by atoms with Gasteiger partial charge in [0.1, 0.15) is 0 Å². The van der Waals surface area contributed by atoms with Gasteiger partial charge >= 0.3 is 0 Å². The van der Waals surface area contributed by atoms with Gasteiger partial charge in [-0.05, 0) is 26.0 Å². The number of carbonyl (C=O) groups is 1. The van der Waals surface area contributed by atoms with Crippen molar-refractivity contribution in [2.24, 2.45) is 0 Å². The summed E-state index contributed by atoms with van der Waals surface area (Å²) in [5.41, 5.74) is 2.47. The first kappa shape index (κ1) is 19.2. The largest absolute Gasteiger partial charge is 0.377 e. The summed E-state index contributed by atoms with van der Waals surface area (Å²) in [5.74, 6) is -0.418. The molecule has 2 aromatic carbocycles. The maximum atomic E-state index is 12.7. The molecule has 9 nitrogen and oxygen atoms in total. The molecule has 0 aliphatic rings. The first-order chi connectivity index (χ1) is 13.5. The number of hydrogen-bond donors (Lipinski definition) is 1. The first-order valence-electron chi connectivity index (χ1n) is 8.65. The number of hydrogen-bond acceptors (Lipinski definition) is 6. The van der Waals surface area contributed by atoms with E-state index in [-0.39, 0.29) is 11.4 Å². The third-order valence-corrected chi connectivity index (χ3v) is 4.12. The van der Waals surface area contributed by atoms with Gasteiger partial charge in [0.25, 0.3) is 11.6 Å². The van der Waals surface area contributed by atoms with E-state index in [2.05, 4.69) is 15.6 Å². The number of carbonyl (C=O) groups excluding carboxylic acids is 1. The van der Waals surface area contributed by atoms with Crippen molar-refractivity contribution >= 4 is 17.3 Å². The fraction of sp³-hybridized carbons (Fsp3) is 0.211. The molecule has 0 aliphatic carbocycles. The lowest BCUT2D eigenvalue weighted by atomic mass is 10.2. The molecule has 28 heavy (non-hydrogen) atoms. The molecule has 0 saturated carbocycles. The SMILES string of the molecule is CCOCc1ccccc1NC(=O)c1nnn(-c2cccc([N+](=O)[O-])c2)c1C. The van der Waals surface area contributed by atoms with Crippen LogP contribution >= 0.6 is 0 Å². The number of nitro groups is 1. The number of para-hydroxylation sites is 1. The Bertz CT molecular complexity index is 1020. The minimum absolute atomic E-state index is 0.0664. The second-order valence-electron chi connectivity index (χ2n) is 5.96. The molecule has 0 spiro atoms. The van der Waals surface area contributed by atoms with Crippen molar-refractivity contribution in [3.05, 3.63) is 75.6 Å². The van der Waals surface area contributed by atoms with Crippen LogP contribution < -0.4 is 5.32 Å². The second kappa shape index (κ2) is 8.40. The Balaban J connectivity index is 1.85. The molecule has 0 unspecified atom stereocenters. The number of nitrogens with zero attached hydrogens (tertiary/aromatic N) is 4. The van der Waals surface area contributed by atoms with Crippen LogP contribution in [0.25, 0.3) is 5.69 Å². The molecule has 9 heteroatoms. The van der Waals surface area contributed by atoms with Gasteiger partial charge in [-0.3, -0.25) is 14.9 Å². The van der Waals surface area contributed by atoms with E-state index in [0.29, 0.717) is 30.3 Å². The van der Waals surface area contributed by atoms with Gasteiger partial charge < -0.3 is 10.1 Å². The van der Waals surface area contributed by atoms with Gasteiger partial charge in [-0.1, -0.05) is 29.5 Å². The number of benzene rings is 2. The van der Waals surface area contributed by atoms with E-state index in [4.69, 9.17) is 4.74 Å². The van der Waals surface area contributed by atoms with Crippen LogP contribution in [0.2, 0.25) is 0 Å². The number of amides is 1. The Kier molecular flexibility index (Phi) is 5.75. The first-order valence-corrected chi connectivity index (χ1v) is 8.65. The lowest BCUT2D eigenvalue weighted by Crippen LogP contribution is -2.15. The minimum Gasteiger partial charge on any atom is -0.377 e. The summed E-state index contributed by atoms with van der Waals surface area (Å²) in [4.78, 5) is 23.2. The molecule has 1 heterocycles. The highest BCUT2D eigenvalue weighted by Gasteiger charge is 2.19. The van der Waals surface area contributed by atoms with E-state index in [0.717, 1.165) is 5.56 Å². The van der Waals surface area contributed by atoms with Crippen LogP contribution in [0.1, 0.15) is 28.7 Å². The summed E-state index contributed by atoms with van der Waals surface area (Å²) in [7, 11) is 0. The van der Waals surface area contributed by atoms with Gasteiger partial charge in [-0.2, -0.15) is 0 Å². The third-order valence-electron chi connectivity index (χ3n) is 4.12. The van der Waals surface area contributed by atoms with Gasteiger partial charge in [0.05, 0.1) is 22.9 Å². The molecule has 0 fully saturated rings. The maximum Gasteiger partial charge on any atom is 0.278 e. The van der Waals surface area contributed by atoms with Crippen LogP contribution in [-0.2, 0) is 11.3 Å². The van der Waals surface area contributed by atoms with Crippen molar-refractivity contribution in [2.45, 2.75) is 20.5 Å². The average molecular weight is 381 g/mol. The van der Waals surface area contributed by atoms with Crippen molar-refractivity contribution in [1.29, 1.82) is 0 Å². The zero-order valence-corrected chi connectivity index (χ0v) is 15.5. The number of aromatic nitrogens is 3. The molecule has 0 bridgehead atoms. The van der Waals surface area contributed by atoms with E-state index in [9.17, 15) is 14.9 Å². The predicted molar refractivity (Wildman–Crippen MR) is 102 cm³/mol. The molecule has 0 saturated heterocycles. The van der Waals surface area contributed by atoms with Crippen LogP contribution in [0.4, 0.5) is 11.4 Å². The number of ether oxygens (including phenoxy) is 1. The van der Waals surface area contributed by atoms with Crippen LogP contribution in [0.15, 0.2) is 48.5 Å². The quantitative estimate of drug-likeness (QED) is 0.496. The summed E-state index contributed by atoms with van der Waals surface area (Å²) < 4.78 is 6.82. The smallest absolute Gasteiger partial charge is 0.278 e. The number of rotatable bonds is 7. The molecule has 1 N–H and O–H groups in total. The van der Waals surface area contributed by atoms with Crippen molar-refractivity contribution in [2.75, 3.05) is 11.9 Å². The van der Waals surface area contributed by atoms with Crippen LogP contribution in [0.5, 0.6) is 0 Å². The topological polar surface area (TPSA) is 112 Å². The zero-order chi connectivity index (χ0) is 20.1. The van der Waals surface area contributed by atoms with Crippen LogP contribution in [-0.4, -0.2) is 32.4 Å². The standard InChI is InChI=1S/C19H19N5O4/c1-3-28-12-14-7-4-5-10-17(14)20-19(25)18-13(2)23(22-21-18)15-8-6-9-16(11-15)24(26)27/h4-11H,3,12H2,1-2H3,(H,20,25). The highest BCUT2D eigenvalue weighted by molar-refractivity contribution is 6.04. The molecule has 144 valence electrons. The number of non-ortho nitro benzene ring substituents is 1. The molecular formula is C19H19N5O4. The third kappa shape index (κ3) is 4.04. The van der Waals surface area contributed by atoms with Gasteiger partial charge in [-0.25, -0.2) is 4.68 Å². The van der Waals surface area contributed by atoms with Crippen LogP contribution in [0.3, 0.4) is 0 Å². The molecule has 1 amide bonds. The number of anilines is 1. The van der Waals surface area contributed by atoms with Gasteiger partial charge in [0, 0.05) is 30.0 Å². The summed E-state index contributed by atoms with van der Waals surface area (Å²) in [6, 6.07) is 13.3.